The number of nitrogens with zero attached hydrogens (tertiary/aromatic N) is 3. The van der Waals surface area contributed by atoms with Gasteiger partial charge in [-0.2, -0.15) is 0 Å². The molecule has 5 nitrogen and oxygen atoms in total. The maximum Gasteiger partial charge on any atom is 0.242 e. The summed E-state index contributed by atoms with van der Waals surface area (Å²) in [6.45, 7) is 2.54. The zero-order chi connectivity index (χ0) is 13.9. The zero-order valence-corrected chi connectivity index (χ0v) is 12.3. The summed E-state index contributed by atoms with van der Waals surface area (Å²) in [7, 11) is 0. The Bertz CT molecular complexity index is 489. The smallest absolute Gasteiger partial charge is 0.242 e. The van der Waals surface area contributed by atoms with E-state index in [1.165, 1.54) is 0 Å². The highest BCUT2D eigenvalue weighted by Crippen LogP contribution is 2.28. The van der Waals surface area contributed by atoms with Crippen LogP contribution >= 0.6 is 11.3 Å². The van der Waals surface area contributed by atoms with Crippen LogP contribution in [0.2, 0.25) is 0 Å². The predicted molar refractivity (Wildman–Crippen MR) is 76.5 cm³/mol. The molecule has 1 unspecified atom stereocenters. The lowest BCUT2D eigenvalue weighted by Crippen LogP contribution is -2.44. The van der Waals surface area contributed by atoms with Crippen molar-refractivity contribution in [1.29, 1.82) is 0 Å². The second-order valence-electron chi connectivity index (χ2n) is 5.47. The number of amides is 2. The van der Waals surface area contributed by atoms with Crippen LogP contribution in [0.25, 0.3) is 0 Å². The molecule has 2 aliphatic heterocycles. The van der Waals surface area contributed by atoms with E-state index < -0.39 is 0 Å². The van der Waals surface area contributed by atoms with Crippen LogP contribution < -0.4 is 0 Å². The van der Waals surface area contributed by atoms with Gasteiger partial charge in [-0.3, -0.25) is 9.59 Å². The normalized spacial score (nSPS) is 23.4. The maximum absolute atomic E-state index is 12.3. The van der Waals surface area contributed by atoms with Gasteiger partial charge in [0.05, 0.1) is 11.6 Å². The van der Waals surface area contributed by atoms with Crippen molar-refractivity contribution in [3.63, 3.8) is 0 Å². The molecule has 0 N–H and O–H groups in total. The van der Waals surface area contributed by atoms with Gasteiger partial charge in [-0.1, -0.05) is 0 Å². The SMILES string of the molecule is O=C1CCCN1CC(=O)N1CCCC(c2nccs2)C1. The van der Waals surface area contributed by atoms with Gasteiger partial charge in [0.1, 0.15) is 0 Å². The molecule has 0 bridgehead atoms. The summed E-state index contributed by atoms with van der Waals surface area (Å²) in [5.41, 5.74) is 0. The largest absolute Gasteiger partial charge is 0.340 e. The number of rotatable bonds is 3. The number of hydrogen-bond acceptors (Lipinski definition) is 4. The molecule has 0 spiro atoms. The fourth-order valence-corrected chi connectivity index (χ4v) is 3.74. The van der Waals surface area contributed by atoms with Gasteiger partial charge in [0.25, 0.3) is 0 Å². The quantitative estimate of drug-likeness (QED) is 0.848. The van der Waals surface area contributed by atoms with Gasteiger partial charge in [-0.15, -0.1) is 11.3 Å². The van der Waals surface area contributed by atoms with Gasteiger partial charge in [0.2, 0.25) is 11.8 Å². The van der Waals surface area contributed by atoms with E-state index in [-0.39, 0.29) is 18.4 Å². The maximum atomic E-state index is 12.3. The predicted octanol–water partition coefficient (Wildman–Crippen LogP) is 1.47. The molecule has 2 saturated heterocycles. The minimum Gasteiger partial charge on any atom is -0.340 e. The second-order valence-corrected chi connectivity index (χ2v) is 6.39. The van der Waals surface area contributed by atoms with E-state index in [1.807, 2.05) is 16.5 Å². The summed E-state index contributed by atoms with van der Waals surface area (Å²) in [6.07, 6.45) is 5.41. The molecule has 20 heavy (non-hydrogen) atoms. The molecule has 2 amide bonds. The fraction of sp³-hybridized carbons (Fsp3) is 0.643. The van der Waals surface area contributed by atoms with Crippen LogP contribution in [0.5, 0.6) is 0 Å². The lowest BCUT2D eigenvalue weighted by atomic mass is 9.98. The Labute approximate surface area is 122 Å². The number of thiazole rings is 1. The Balaban J connectivity index is 1.59. The topological polar surface area (TPSA) is 53.5 Å². The third kappa shape index (κ3) is 2.85. The highest BCUT2D eigenvalue weighted by atomic mass is 32.1. The Hall–Kier alpha value is -1.43. The first kappa shape index (κ1) is 13.5. The van der Waals surface area contributed by atoms with Crippen molar-refractivity contribution in [2.75, 3.05) is 26.2 Å². The molecule has 3 heterocycles. The highest BCUT2D eigenvalue weighted by molar-refractivity contribution is 7.09. The van der Waals surface area contributed by atoms with E-state index in [0.29, 0.717) is 12.3 Å². The highest BCUT2D eigenvalue weighted by Gasteiger charge is 2.29. The van der Waals surface area contributed by atoms with Crippen molar-refractivity contribution in [2.24, 2.45) is 0 Å². The molecule has 6 heteroatoms. The van der Waals surface area contributed by atoms with Gasteiger partial charge >= 0.3 is 0 Å². The van der Waals surface area contributed by atoms with Gasteiger partial charge in [-0.25, -0.2) is 4.98 Å². The molecular formula is C14H19N3O2S. The fourth-order valence-electron chi connectivity index (χ4n) is 2.98. The lowest BCUT2D eigenvalue weighted by molar-refractivity contribution is -0.139. The zero-order valence-electron chi connectivity index (χ0n) is 11.5. The lowest BCUT2D eigenvalue weighted by Gasteiger charge is -2.33. The molecule has 1 aromatic heterocycles. The number of carbonyl (C=O) groups is 2. The molecule has 3 rings (SSSR count). The third-order valence-electron chi connectivity index (χ3n) is 4.07. The Morgan fingerprint density at radius 2 is 2.30 bits per heavy atom. The summed E-state index contributed by atoms with van der Waals surface area (Å²) in [6, 6.07) is 0. The third-order valence-corrected chi connectivity index (χ3v) is 5.01. The second kappa shape index (κ2) is 5.91. The molecular weight excluding hydrogens is 274 g/mol. The number of carbonyl (C=O) groups excluding carboxylic acids is 2. The van der Waals surface area contributed by atoms with Gasteiger partial charge in [0.15, 0.2) is 0 Å². The number of aromatic nitrogens is 1. The van der Waals surface area contributed by atoms with Gasteiger partial charge in [-0.05, 0) is 19.3 Å². The van der Waals surface area contributed by atoms with E-state index in [4.69, 9.17) is 0 Å². The van der Waals surface area contributed by atoms with Crippen molar-refractivity contribution in [3.8, 4) is 0 Å². The van der Waals surface area contributed by atoms with Crippen molar-refractivity contribution < 1.29 is 9.59 Å². The molecule has 2 aliphatic rings. The Kier molecular flexibility index (Phi) is 4.00. The summed E-state index contributed by atoms with van der Waals surface area (Å²) in [5.74, 6) is 0.565. The Morgan fingerprint density at radius 1 is 1.40 bits per heavy atom. The number of likely N-dealkylation sites (tertiary alicyclic amines) is 2. The molecule has 0 aromatic carbocycles. The molecule has 2 fully saturated rings. The van der Waals surface area contributed by atoms with Crippen LogP contribution in [0.1, 0.15) is 36.6 Å². The average Bonchev–Trinajstić information content (AvgIpc) is 3.12. The van der Waals surface area contributed by atoms with E-state index in [2.05, 4.69) is 4.98 Å². The van der Waals surface area contributed by atoms with E-state index in [0.717, 1.165) is 43.9 Å². The minimum atomic E-state index is 0.0847. The number of piperidine rings is 1. The summed E-state index contributed by atoms with van der Waals surface area (Å²) >= 11 is 1.66. The monoisotopic (exact) mass is 293 g/mol. The average molecular weight is 293 g/mol. The summed E-state index contributed by atoms with van der Waals surface area (Å²) < 4.78 is 0. The van der Waals surface area contributed by atoms with Crippen LogP contribution in [0.15, 0.2) is 11.6 Å². The molecule has 0 aliphatic carbocycles. The first-order chi connectivity index (χ1) is 9.74. The van der Waals surface area contributed by atoms with Crippen molar-refractivity contribution >= 4 is 23.2 Å². The van der Waals surface area contributed by atoms with Crippen LogP contribution in [0.4, 0.5) is 0 Å². The van der Waals surface area contributed by atoms with Crippen molar-refractivity contribution in [1.82, 2.24) is 14.8 Å². The van der Waals surface area contributed by atoms with Crippen molar-refractivity contribution in [2.45, 2.75) is 31.6 Å². The van der Waals surface area contributed by atoms with E-state index >= 15 is 0 Å². The molecule has 1 atom stereocenters. The van der Waals surface area contributed by atoms with Gasteiger partial charge in [0, 0.05) is 43.5 Å². The van der Waals surface area contributed by atoms with Crippen LogP contribution in [-0.2, 0) is 9.59 Å². The van der Waals surface area contributed by atoms with Crippen LogP contribution in [0, 0.1) is 0 Å². The van der Waals surface area contributed by atoms with Crippen molar-refractivity contribution in [3.05, 3.63) is 16.6 Å². The summed E-state index contributed by atoms with van der Waals surface area (Å²) in [4.78, 5) is 31.9. The first-order valence-electron chi connectivity index (χ1n) is 7.19. The molecule has 108 valence electrons. The van der Waals surface area contributed by atoms with Crippen LogP contribution in [-0.4, -0.2) is 52.8 Å². The van der Waals surface area contributed by atoms with Gasteiger partial charge < -0.3 is 9.80 Å². The molecule has 0 saturated carbocycles. The van der Waals surface area contributed by atoms with Crippen LogP contribution in [0.3, 0.4) is 0 Å². The Morgan fingerprint density at radius 3 is 3.00 bits per heavy atom. The van der Waals surface area contributed by atoms with E-state index in [9.17, 15) is 9.59 Å². The summed E-state index contributed by atoms with van der Waals surface area (Å²) in [5, 5.41) is 3.11. The van der Waals surface area contributed by atoms with E-state index in [1.54, 1.807) is 16.2 Å². The minimum absolute atomic E-state index is 0.0847. The first-order valence-corrected chi connectivity index (χ1v) is 8.07. The standard InChI is InChI=1S/C14H19N3O2S/c18-12-4-2-7-17(12)10-13(19)16-6-1-3-11(9-16)14-15-5-8-20-14/h5,8,11H,1-4,6-7,9-10H2. The molecule has 0 radical (unpaired) electrons. The number of hydrogen-bond donors (Lipinski definition) is 0. The molecule has 1 aromatic rings.